The zero-order chi connectivity index (χ0) is 17.5. The Kier molecular flexibility index (Phi) is 6.70. The Morgan fingerprint density at radius 1 is 1.24 bits per heavy atom. The number of aryl methyl sites for hydroxylation is 1. The van der Waals surface area contributed by atoms with Gasteiger partial charge >= 0.3 is 0 Å². The van der Waals surface area contributed by atoms with E-state index >= 15 is 0 Å². The molecule has 1 saturated carbocycles. The zero-order valence-electron chi connectivity index (χ0n) is 15.0. The molecule has 136 valence electrons. The van der Waals surface area contributed by atoms with Gasteiger partial charge in [0.1, 0.15) is 5.76 Å². The van der Waals surface area contributed by atoms with Crippen LogP contribution in [0, 0.1) is 12.8 Å². The first-order valence-corrected chi connectivity index (χ1v) is 10.1. The van der Waals surface area contributed by atoms with Gasteiger partial charge in [-0.15, -0.1) is 11.3 Å². The van der Waals surface area contributed by atoms with Gasteiger partial charge < -0.3 is 9.73 Å². The van der Waals surface area contributed by atoms with Crippen molar-refractivity contribution in [3.63, 3.8) is 0 Å². The van der Waals surface area contributed by atoms with Crippen molar-refractivity contribution in [1.82, 2.24) is 10.2 Å². The lowest BCUT2D eigenvalue weighted by Crippen LogP contribution is -2.38. The average Bonchev–Trinajstić information content (AvgIpc) is 3.26. The first-order valence-electron chi connectivity index (χ1n) is 9.26. The number of rotatable bonds is 8. The maximum Gasteiger partial charge on any atom is 0.234 e. The molecule has 1 N–H and O–H groups in total. The van der Waals surface area contributed by atoms with Crippen LogP contribution >= 0.6 is 11.3 Å². The summed E-state index contributed by atoms with van der Waals surface area (Å²) in [6.45, 7) is 4.77. The predicted octanol–water partition coefficient (Wildman–Crippen LogP) is 4.35. The molecule has 0 spiro atoms. The largest absolute Gasteiger partial charge is 0.468 e. The van der Waals surface area contributed by atoms with Crippen LogP contribution in [0.1, 0.15) is 47.6 Å². The average molecular weight is 361 g/mol. The van der Waals surface area contributed by atoms with Gasteiger partial charge in [-0.3, -0.25) is 9.69 Å². The van der Waals surface area contributed by atoms with Crippen molar-refractivity contribution in [3.8, 4) is 0 Å². The van der Waals surface area contributed by atoms with Gasteiger partial charge in [-0.1, -0.05) is 19.3 Å². The van der Waals surface area contributed by atoms with E-state index in [1.54, 1.807) is 17.6 Å². The molecule has 0 atom stereocenters. The molecule has 1 fully saturated rings. The molecule has 0 aliphatic heterocycles. The van der Waals surface area contributed by atoms with E-state index in [4.69, 9.17) is 4.42 Å². The standard InChI is InChI=1S/C20H28N2O2S/c1-16-9-10-19(25-16)14-22(13-18-8-5-11-24-18)15-20(23)21-12-17-6-3-2-4-7-17/h5,8-11,17H,2-4,6-7,12-15H2,1H3,(H,21,23). The molecular formula is C20H28N2O2S. The second-order valence-corrected chi connectivity index (χ2v) is 8.42. The Morgan fingerprint density at radius 2 is 2.08 bits per heavy atom. The van der Waals surface area contributed by atoms with Crippen LogP contribution in [0.3, 0.4) is 0 Å². The van der Waals surface area contributed by atoms with Crippen LogP contribution in [-0.4, -0.2) is 23.9 Å². The molecule has 0 saturated heterocycles. The number of amides is 1. The van der Waals surface area contributed by atoms with Gasteiger partial charge in [0.05, 0.1) is 19.4 Å². The van der Waals surface area contributed by atoms with E-state index < -0.39 is 0 Å². The van der Waals surface area contributed by atoms with Crippen molar-refractivity contribution in [2.45, 2.75) is 52.1 Å². The smallest absolute Gasteiger partial charge is 0.234 e. The molecule has 1 aliphatic carbocycles. The van der Waals surface area contributed by atoms with Gasteiger partial charge in [0, 0.05) is 22.8 Å². The van der Waals surface area contributed by atoms with Crippen LogP contribution in [0.4, 0.5) is 0 Å². The maximum atomic E-state index is 12.4. The summed E-state index contributed by atoms with van der Waals surface area (Å²) in [5.74, 6) is 1.68. The van der Waals surface area contributed by atoms with Gasteiger partial charge in [0.2, 0.25) is 5.91 Å². The van der Waals surface area contributed by atoms with E-state index in [1.807, 2.05) is 12.1 Å². The van der Waals surface area contributed by atoms with Crippen molar-refractivity contribution in [1.29, 1.82) is 0 Å². The second-order valence-electron chi connectivity index (χ2n) is 7.04. The van der Waals surface area contributed by atoms with E-state index in [2.05, 4.69) is 29.3 Å². The topological polar surface area (TPSA) is 45.5 Å². The summed E-state index contributed by atoms with van der Waals surface area (Å²) in [7, 11) is 0. The van der Waals surface area contributed by atoms with Crippen LogP contribution in [0.2, 0.25) is 0 Å². The van der Waals surface area contributed by atoms with E-state index in [0.717, 1.165) is 18.8 Å². The van der Waals surface area contributed by atoms with Crippen LogP contribution < -0.4 is 5.32 Å². The van der Waals surface area contributed by atoms with Crippen molar-refractivity contribution in [2.24, 2.45) is 5.92 Å². The Morgan fingerprint density at radius 3 is 2.76 bits per heavy atom. The minimum atomic E-state index is 0.116. The number of carbonyl (C=O) groups is 1. The molecule has 2 aromatic rings. The van der Waals surface area contributed by atoms with Crippen LogP contribution in [-0.2, 0) is 17.9 Å². The molecule has 3 rings (SSSR count). The normalized spacial score (nSPS) is 15.6. The predicted molar refractivity (Wildman–Crippen MR) is 101 cm³/mol. The number of nitrogens with one attached hydrogen (secondary N) is 1. The van der Waals surface area contributed by atoms with Crippen molar-refractivity contribution >= 4 is 17.2 Å². The molecule has 0 radical (unpaired) electrons. The second kappa shape index (κ2) is 9.20. The molecule has 4 nitrogen and oxygen atoms in total. The molecule has 2 aromatic heterocycles. The fourth-order valence-electron chi connectivity index (χ4n) is 3.49. The first-order chi connectivity index (χ1) is 12.2. The number of nitrogens with zero attached hydrogens (tertiary/aromatic N) is 1. The minimum absolute atomic E-state index is 0.116. The van der Waals surface area contributed by atoms with Gasteiger partial charge in [-0.2, -0.15) is 0 Å². The molecule has 5 heteroatoms. The Hall–Kier alpha value is -1.59. The highest BCUT2D eigenvalue weighted by Gasteiger charge is 2.17. The highest BCUT2D eigenvalue weighted by molar-refractivity contribution is 7.11. The van der Waals surface area contributed by atoms with Crippen molar-refractivity contribution in [2.75, 3.05) is 13.1 Å². The van der Waals surface area contributed by atoms with E-state index in [0.29, 0.717) is 19.0 Å². The highest BCUT2D eigenvalue weighted by Crippen LogP contribution is 2.23. The van der Waals surface area contributed by atoms with Crippen LogP contribution in [0.5, 0.6) is 0 Å². The van der Waals surface area contributed by atoms with Crippen molar-refractivity contribution in [3.05, 3.63) is 46.0 Å². The number of furan rings is 1. The third kappa shape index (κ3) is 6.01. The summed E-state index contributed by atoms with van der Waals surface area (Å²) in [6, 6.07) is 8.14. The third-order valence-corrected chi connectivity index (χ3v) is 5.80. The molecule has 1 aliphatic rings. The molecule has 0 unspecified atom stereocenters. The summed E-state index contributed by atoms with van der Waals surface area (Å²) in [5, 5.41) is 3.15. The Labute approximate surface area is 154 Å². The zero-order valence-corrected chi connectivity index (χ0v) is 15.8. The third-order valence-electron chi connectivity index (χ3n) is 4.81. The molecule has 0 bridgehead atoms. The maximum absolute atomic E-state index is 12.4. The lowest BCUT2D eigenvalue weighted by molar-refractivity contribution is -0.122. The SMILES string of the molecule is Cc1ccc(CN(CC(=O)NCC2CCCCC2)Cc2ccco2)s1. The summed E-state index contributed by atoms with van der Waals surface area (Å²) in [6.07, 6.45) is 8.16. The number of hydrogen-bond acceptors (Lipinski definition) is 4. The van der Waals surface area contributed by atoms with Crippen LogP contribution in [0.25, 0.3) is 0 Å². The highest BCUT2D eigenvalue weighted by atomic mass is 32.1. The van der Waals surface area contributed by atoms with Crippen LogP contribution in [0.15, 0.2) is 34.9 Å². The van der Waals surface area contributed by atoms with Gasteiger partial charge in [-0.25, -0.2) is 0 Å². The van der Waals surface area contributed by atoms with E-state index in [-0.39, 0.29) is 5.91 Å². The fourth-order valence-corrected chi connectivity index (χ4v) is 4.42. The first kappa shape index (κ1) is 18.2. The summed E-state index contributed by atoms with van der Waals surface area (Å²) in [5.41, 5.74) is 0. The monoisotopic (exact) mass is 360 g/mol. The van der Waals surface area contributed by atoms with Gasteiger partial charge in [0.15, 0.2) is 0 Å². The molecule has 1 amide bonds. The molecular weight excluding hydrogens is 332 g/mol. The molecule has 0 aromatic carbocycles. The molecule has 25 heavy (non-hydrogen) atoms. The number of hydrogen-bond donors (Lipinski definition) is 1. The summed E-state index contributed by atoms with van der Waals surface area (Å²) < 4.78 is 5.47. The van der Waals surface area contributed by atoms with Crippen molar-refractivity contribution < 1.29 is 9.21 Å². The van der Waals surface area contributed by atoms with E-state index in [9.17, 15) is 4.79 Å². The molecule has 2 heterocycles. The Balaban J connectivity index is 1.53. The minimum Gasteiger partial charge on any atom is -0.468 e. The van der Waals surface area contributed by atoms with Gasteiger partial charge in [-0.05, 0) is 49.9 Å². The number of thiophene rings is 1. The number of carbonyl (C=O) groups excluding carboxylic acids is 1. The lowest BCUT2D eigenvalue weighted by atomic mass is 9.89. The Bertz CT molecular complexity index is 644. The van der Waals surface area contributed by atoms with E-state index in [1.165, 1.54) is 41.9 Å². The summed E-state index contributed by atoms with van der Waals surface area (Å²) >= 11 is 1.79. The van der Waals surface area contributed by atoms with Gasteiger partial charge in [0.25, 0.3) is 0 Å². The lowest BCUT2D eigenvalue weighted by Gasteiger charge is -2.23. The summed E-state index contributed by atoms with van der Waals surface area (Å²) in [4.78, 5) is 17.2. The quantitative estimate of drug-likeness (QED) is 0.761. The fraction of sp³-hybridized carbons (Fsp3) is 0.550.